The van der Waals surface area contributed by atoms with E-state index in [-0.39, 0.29) is 24.1 Å². The molecule has 0 spiro atoms. The lowest BCUT2D eigenvalue weighted by Gasteiger charge is -2.36. The summed E-state index contributed by atoms with van der Waals surface area (Å²) in [5.41, 5.74) is 0.923. The fourth-order valence-corrected chi connectivity index (χ4v) is 3.86. The van der Waals surface area contributed by atoms with Crippen LogP contribution in [-0.4, -0.2) is 45.2 Å². The Hall–Kier alpha value is -1.63. The summed E-state index contributed by atoms with van der Waals surface area (Å²) in [5, 5.41) is 13.0. The number of carbonyl (C=O) groups excluding carboxylic acids is 1. The van der Waals surface area contributed by atoms with Crippen molar-refractivity contribution in [2.24, 2.45) is 5.92 Å². The van der Waals surface area contributed by atoms with Crippen LogP contribution in [0.15, 0.2) is 30.3 Å². The van der Waals surface area contributed by atoms with E-state index in [0.29, 0.717) is 5.92 Å². The minimum atomic E-state index is -1.91. The van der Waals surface area contributed by atoms with E-state index in [2.05, 4.69) is 53.0 Å². The fraction of sp³-hybridized carbons (Fsp3) is 0.654. The van der Waals surface area contributed by atoms with Crippen LogP contribution in [0.4, 0.5) is 0 Å². The van der Waals surface area contributed by atoms with Gasteiger partial charge in [0, 0.05) is 12.6 Å². The molecule has 2 unspecified atom stereocenters. The maximum atomic E-state index is 12.1. The second-order valence-corrected chi connectivity index (χ2v) is 14.9. The van der Waals surface area contributed by atoms with Crippen LogP contribution in [0.5, 0.6) is 5.75 Å². The quantitative estimate of drug-likeness (QED) is 0.270. The molecule has 0 aliphatic carbocycles. The molecule has 0 saturated heterocycles. The van der Waals surface area contributed by atoms with E-state index in [4.69, 9.17) is 9.16 Å². The smallest absolute Gasteiger partial charge is 0.244 e. The van der Waals surface area contributed by atoms with E-state index in [1.165, 1.54) is 25.3 Å². The van der Waals surface area contributed by atoms with Crippen molar-refractivity contribution in [2.75, 3.05) is 19.8 Å². The third-order valence-electron chi connectivity index (χ3n) is 6.29. The van der Waals surface area contributed by atoms with Gasteiger partial charge in [0.2, 0.25) is 5.91 Å². The Morgan fingerprint density at radius 1 is 1.16 bits per heavy atom. The van der Waals surface area contributed by atoms with Crippen LogP contribution < -0.4 is 10.1 Å². The number of aliphatic hydroxyl groups excluding tert-OH is 1. The number of nitrogens with one attached hydrogen (secondary N) is 1. The summed E-state index contributed by atoms with van der Waals surface area (Å²) in [6, 6.07) is 7.75. The minimum Gasteiger partial charge on any atom is -0.493 e. The van der Waals surface area contributed by atoms with Crippen LogP contribution in [-0.2, 0) is 9.22 Å². The summed E-state index contributed by atoms with van der Waals surface area (Å²) in [4.78, 5) is 12.1. The van der Waals surface area contributed by atoms with Crippen LogP contribution in [0.3, 0.4) is 0 Å². The summed E-state index contributed by atoms with van der Waals surface area (Å²) in [6.07, 6.45) is 7.32. The monoisotopic (exact) mass is 463 g/mol. The number of benzene rings is 1. The predicted molar refractivity (Wildman–Crippen MR) is 136 cm³/mol. The first kappa shape index (κ1) is 28.4. The van der Waals surface area contributed by atoms with Crippen molar-refractivity contribution in [3.63, 3.8) is 0 Å². The van der Waals surface area contributed by atoms with Gasteiger partial charge in [0.05, 0.1) is 19.3 Å². The van der Waals surface area contributed by atoms with Gasteiger partial charge in [-0.15, -0.1) is 0 Å². The van der Waals surface area contributed by atoms with Crippen LogP contribution in [0.25, 0.3) is 6.08 Å². The van der Waals surface area contributed by atoms with Gasteiger partial charge in [0.15, 0.2) is 8.32 Å². The van der Waals surface area contributed by atoms with Gasteiger partial charge in [-0.2, -0.15) is 0 Å². The van der Waals surface area contributed by atoms with Crippen molar-refractivity contribution in [3.05, 3.63) is 35.9 Å². The molecule has 1 rings (SSSR count). The van der Waals surface area contributed by atoms with Gasteiger partial charge in [-0.05, 0) is 54.2 Å². The number of ether oxygens (including phenoxy) is 1. The predicted octanol–water partition coefficient (Wildman–Crippen LogP) is 5.79. The normalized spacial score (nSPS) is 14.4. The zero-order chi connectivity index (χ0) is 24.2. The third kappa shape index (κ3) is 10.8. The Morgan fingerprint density at radius 3 is 2.38 bits per heavy atom. The highest BCUT2D eigenvalue weighted by atomic mass is 28.4. The lowest BCUT2D eigenvalue weighted by Crippen LogP contribution is -2.44. The zero-order valence-electron chi connectivity index (χ0n) is 21.2. The largest absolute Gasteiger partial charge is 0.493 e. The van der Waals surface area contributed by atoms with Crippen molar-refractivity contribution < 1.29 is 19.1 Å². The molecule has 0 bridgehead atoms. The second kappa shape index (κ2) is 13.8. The molecule has 6 heteroatoms. The number of rotatable bonds is 14. The lowest BCUT2D eigenvalue weighted by atomic mass is 10.0. The average Bonchev–Trinajstić information content (AvgIpc) is 2.75. The van der Waals surface area contributed by atoms with E-state index in [1.54, 1.807) is 6.08 Å². The molecule has 0 fully saturated rings. The molecular formula is C26H45NO4Si. The van der Waals surface area contributed by atoms with Crippen molar-refractivity contribution >= 4 is 20.3 Å². The molecule has 1 aromatic carbocycles. The molecule has 182 valence electrons. The summed E-state index contributed by atoms with van der Waals surface area (Å²) in [5.74, 6) is 1.21. The second-order valence-electron chi connectivity index (χ2n) is 10.1. The fourth-order valence-electron chi connectivity index (χ4n) is 2.82. The highest BCUT2D eigenvalue weighted by Crippen LogP contribution is 2.36. The van der Waals surface area contributed by atoms with E-state index in [1.807, 2.05) is 24.3 Å². The molecule has 0 aliphatic rings. The van der Waals surface area contributed by atoms with Gasteiger partial charge in [-0.1, -0.05) is 66.0 Å². The summed E-state index contributed by atoms with van der Waals surface area (Å²) >= 11 is 0. The molecule has 1 amide bonds. The maximum absolute atomic E-state index is 12.1. The number of hydrogen-bond acceptors (Lipinski definition) is 4. The number of carbonyl (C=O) groups is 1. The van der Waals surface area contributed by atoms with E-state index in [0.717, 1.165) is 24.3 Å². The topological polar surface area (TPSA) is 67.8 Å². The number of unbranched alkanes of at least 4 members (excludes halogenated alkanes) is 1. The molecular weight excluding hydrogens is 418 g/mol. The Balaban J connectivity index is 2.40. The highest BCUT2D eigenvalue weighted by molar-refractivity contribution is 6.74. The molecule has 0 aromatic heterocycles. The Morgan fingerprint density at radius 2 is 1.81 bits per heavy atom. The SMILES string of the molecule is CCCCC(CC)COc1ccc(/C=C/C(=O)NCC(O)CO[Si](C)(C)C(C)(C)C)cc1. The molecule has 0 radical (unpaired) electrons. The van der Waals surface area contributed by atoms with Crippen molar-refractivity contribution in [2.45, 2.75) is 84.5 Å². The van der Waals surface area contributed by atoms with Crippen LogP contribution >= 0.6 is 0 Å². The first-order valence-corrected chi connectivity index (χ1v) is 14.9. The molecule has 5 nitrogen and oxygen atoms in total. The summed E-state index contributed by atoms with van der Waals surface area (Å²) in [7, 11) is -1.91. The van der Waals surface area contributed by atoms with Gasteiger partial charge in [-0.3, -0.25) is 4.79 Å². The van der Waals surface area contributed by atoms with E-state index >= 15 is 0 Å². The number of hydrogen-bond donors (Lipinski definition) is 2. The first-order valence-electron chi connectivity index (χ1n) is 12.0. The molecule has 0 aliphatic heterocycles. The van der Waals surface area contributed by atoms with Crippen molar-refractivity contribution in [3.8, 4) is 5.75 Å². The van der Waals surface area contributed by atoms with E-state index < -0.39 is 14.4 Å². The number of amides is 1. The molecule has 2 atom stereocenters. The lowest BCUT2D eigenvalue weighted by molar-refractivity contribution is -0.117. The third-order valence-corrected chi connectivity index (χ3v) is 10.8. The average molecular weight is 464 g/mol. The molecule has 2 N–H and O–H groups in total. The van der Waals surface area contributed by atoms with Crippen LogP contribution in [0.1, 0.15) is 65.9 Å². The molecule has 0 saturated carbocycles. The van der Waals surface area contributed by atoms with Crippen LogP contribution in [0, 0.1) is 5.92 Å². The molecule has 32 heavy (non-hydrogen) atoms. The summed E-state index contributed by atoms with van der Waals surface area (Å²) < 4.78 is 11.9. The van der Waals surface area contributed by atoms with Gasteiger partial charge >= 0.3 is 0 Å². The number of aliphatic hydroxyl groups is 1. The zero-order valence-corrected chi connectivity index (χ0v) is 22.2. The molecule has 1 aromatic rings. The Kier molecular flexibility index (Phi) is 12.3. The van der Waals surface area contributed by atoms with Crippen molar-refractivity contribution in [1.82, 2.24) is 5.32 Å². The van der Waals surface area contributed by atoms with Gasteiger partial charge in [0.25, 0.3) is 0 Å². The molecule has 0 heterocycles. The maximum Gasteiger partial charge on any atom is 0.244 e. The minimum absolute atomic E-state index is 0.0893. The van der Waals surface area contributed by atoms with Gasteiger partial charge in [-0.25, -0.2) is 0 Å². The standard InChI is InChI=1S/C26H45NO4Si/c1-8-10-11-21(9-2)19-30-24-15-12-22(13-16-24)14-17-25(29)27-18-23(28)20-31-32(6,7)26(3,4)5/h12-17,21,23,28H,8-11,18-20H2,1-7H3,(H,27,29)/b17-14+. The Labute approximate surface area is 196 Å². The van der Waals surface area contributed by atoms with Crippen molar-refractivity contribution in [1.29, 1.82) is 0 Å². The van der Waals surface area contributed by atoms with Gasteiger partial charge in [0.1, 0.15) is 5.75 Å². The Bertz CT molecular complexity index is 695. The van der Waals surface area contributed by atoms with E-state index in [9.17, 15) is 9.90 Å². The van der Waals surface area contributed by atoms with Gasteiger partial charge < -0.3 is 19.6 Å². The highest BCUT2D eigenvalue weighted by Gasteiger charge is 2.37. The first-order chi connectivity index (χ1) is 15.0. The van der Waals surface area contributed by atoms with Crippen LogP contribution in [0.2, 0.25) is 18.1 Å². The summed E-state index contributed by atoms with van der Waals surface area (Å²) in [6.45, 7) is 16.3.